The minimum absolute atomic E-state index is 0.0258. The molecule has 2 unspecified atom stereocenters. The lowest BCUT2D eigenvalue weighted by atomic mass is 9.85. The Hall–Kier alpha value is -1.82. The van der Waals surface area contributed by atoms with E-state index in [4.69, 9.17) is 11.6 Å². The lowest BCUT2D eigenvalue weighted by molar-refractivity contribution is -0.125. The molecule has 1 aromatic rings. The van der Waals surface area contributed by atoms with Crippen LogP contribution in [0.15, 0.2) is 23.2 Å². The number of nitrogens with zero attached hydrogens (tertiary/aromatic N) is 2. The molecule has 1 aromatic heterocycles. The number of carbonyl (C=O) groups excluding carboxylic acids is 1. The van der Waals surface area contributed by atoms with Gasteiger partial charge >= 0.3 is 0 Å². The van der Waals surface area contributed by atoms with Crippen molar-refractivity contribution < 1.29 is 4.79 Å². The maximum atomic E-state index is 12.6. The zero-order valence-electron chi connectivity index (χ0n) is 16.2. The molecule has 0 bridgehead atoms. The fourth-order valence-electron chi connectivity index (χ4n) is 3.83. The van der Waals surface area contributed by atoms with Crippen molar-refractivity contribution in [2.75, 3.05) is 11.9 Å². The van der Waals surface area contributed by atoms with E-state index in [-0.39, 0.29) is 11.9 Å². The predicted octanol–water partition coefficient (Wildman–Crippen LogP) is 3.66. The number of hydrogen-bond donors (Lipinski definition) is 3. The number of H-pyrrole nitrogens is 1. The maximum Gasteiger partial charge on any atom is 0.230 e. The molecule has 3 rings (SSSR count). The molecule has 2 aliphatic rings. The van der Waals surface area contributed by atoms with Crippen molar-refractivity contribution in [1.82, 2.24) is 15.5 Å². The van der Waals surface area contributed by atoms with Crippen LogP contribution in [0.2, 0.25) is 0 Å². The zero-order valence-corrected chi connectivity index (χ0v) is 16.9. The zero-order chi connectivity index (χ0) is 19.3. The first-order valence-corrected chi connectivity index (χ1v) is 10.3. The van der Waals surface area contributed by atoms with E-state index in [0.29, 0.717) is 5.92 Å². The van der Waals surface area contributed by atoms with E-state index in [1.165, 1.54) is 5.69 Å². The van der Waals surface area contributed by atoms with Gasteiger partial charge in [0.1, 0.15) is 10.8 Å². The highest BCUT2D eigenvalue weighted by Crippen LogP contribution is 2.31. The minimum Gasteiger partial charge on any atom is -0.368 e. The largest absolute Gasteiger partial charge is 0.368 e. The van der Waals surface area contributed by atoms with Crippen LogP contribution in [0.1, 0.15) is 51.6 Å². The molecule has 0 spiro atoms. The number of rotatable bonds is 7. The van der Waals surface area contributed by atoms with Gasteiger partial charge in [0.15, 0.2) is 0 Å². The minimum atomic E-state index is -0.889. The standard InChI is InChI=1S/C20H30ClN5O/c1-3-5-16-12-18(26-25-16)22-13-14-7-9-15(10-8-14)24-19(27)17-6-4-11-23-20(17,2)21/h4,6,11-12,14-15,17H,3,5,7-10,13H2,1-2H3,(H,24,27)(H2,22,25,26). The second-order valence-electron chi connectivity index (χ2n) is 7.80. The fraction of sp³-hybridized carbons (Fsp3) is 0.650. The summed E-state index contributed by atoms with van der Waals surface area (Å²) in [4.78, 5) is 15.9. The van der Waals surface area contributed by atoms with Gasteiger partial charge in [-0.15, -0.1) is 0 Å². The Morgan fingerprint density at radius 2 is 2.15 bits per heavy atom. The van der Waals surface area contributed by atoms with Crippen LogP contribution in [0, 0.1) is 11.8 Å². The first-order valence-electron chi connectivity index (χ1n) is 9.97. The number of hydrogen-bond acceptors (Lipinski definition) is 4. The number of dihydropyridines is 1. The first kappa shape index (κ1) is 19.9. The number of aromatic amines is 1. The summed E-state index contributed by atoms with van der Waals surface area (Å²) in [5.41, 5.74) is 1.18. The topological polar surface area (TPSA) is 82.2 Å². The molecule has 6 nitrogen and oxygen atoms in total. The van der Waals surface area contributed by atoms with Gasteiger partial charge in [0.25, 0.3) is 0 Å². The van der Waals surface area contributed by atoms with E-state index in [1.807, 2.05) is 6.08 Å². The smallest absolute Gasteiger partial charge is 0.230 e. The molecule has 2 heterocycles. The van der Waals surface area contributed by atoms with E-state index in [2.05, 4.69) is 38.8 Å². The van der Waals surface area contributed by atoms with Gasteiger partial charge in [-0.05, 0) is 51.0 Å². The summed E-state index contributed by atoms with van der Waals surface area (Å²) in [5.74, 6) is 1.10. The number of allylic oxidation sites excluding steroid dienone is 1. The summed E-state index contributed by atoms with van der Waals surface area (Å²) in [7, 11) is 0. The van der Waals surface area contributed by atoms with Crippen molar-refractivity contribution in [2.45, 2.75) is 63.4 Å². The molecule has 2 atom stereocenters. The molecule has 1 fully saturated rings. The molecule has 1 aliphatic carbocycles. The van der Waals surface area contributed by atoms with Crippen molar-refractivity contribution in [2.24, 2.45) is 16.8 Å². The summed E-state index contributed by atoms with van der Waals surface area (Å²) in [5, 5.41) is 14.0. The Morgan fingerprint density at radius 1 is 1.37 bits per heavy atom. The Balaban J connectivity index is 1.40. The average molecular weight is 392 g/mol. The number of carbonyl (C=O) groups is 1. The van der Waals surface area contributed by atoms with Crippen LogP contribution in [-0.2, 0) is 11.2 Å². The average Bonchev–Trinajstić information content (AvgIpc) is 3.08. The van der Waals surface area contributed by atoms with Gasteiger partial charge in [0.05, 0.1) is 5.92 Å². The number of aryl methyl sites for hydroxylation is 1. The van der Waals surface area contributed by atoms with Gasteiger partial charge in [0.2, 0.25) is 5.91 Å². The number of amides is 1. The summed E-state index contributed by atoms with van der Waals surface area (Å²) in [6.07, 6.45) is 11.6. The Morgan fingerprint density at radius 3 is 2.85 bits per heavy atom. The van der Waals surface area contributed by atoms with Crippen molar-refractivity contribution in [1.29, 1.82) is 0 Å². The molecule has 0 saturated heterocycles. The van der Waals surface area contributed by atoms with Crippen LogP contribution in [0.5, 0.6) is 0 Å². The number of alkyl halides is 1. The highest BCUT2D eigenvalue weighted by atomic mass is 35.5. The molecule has 0 aromatic carbocycles. The van der Waals surface area contributed by atoms with Gasteiger partial charge in [-0.3, -0.25) is 14.9 Å². The third-order valence-electron chi connectivity index (χ3n) is 5.48. The summed E-state index contributed by atoms with van der Waals surface area (Å²) in [6, 6.07) is 2.32. The van der Waals surface area contributed by atoms with Gasteiger partial charge in [-0.2, -0.15) is 5.10 Å². The molecule has 27 heavy (non-hydrogen) atoms. The number of halogens is 1. The molecule has 1 amide bonds. The second-order valence-corrected chi connectivity index (χ2v) is 8.57. The number of anilines is 1. The van der Waals surface area contributed by atoms with Crippen LogP contribution < -0.4 is 10.6 Å². The third-order valence-corrected chi connectivity index (χ3v) is 5.81. The number of aliphatic imine (C=N–C) groups is 1. The third kappa shape index (κ3) is 5.34. The summed E-state index contributed by atoms with van der Waals surface area (Å²) in [6.45, 7) is 4.87. The van der Waals surface area contributed by atoms with Crippen molar-refractivity contribution in [3.63, 3.8) is 0 Å². The van der Waals surface area contributed by atoms with E-state index in [9.17, 15) is 4.79 Å². The van der Waals surface area contributed by atoms with E-state index in [1.54, 1.807) is 19.2 Å². The number of nitrogens with one attached hydrogen (secondary N) is 3. The molecule has 1 saturated carbocycles. The van der Waals surface area contributed by atoms with E-state index in [0.717, 1.165) is 50.9 Å². The van der Waals surface area contributed by atoms with Crippen LogP contribution in [0.25, 0.3) is 0 Å². The summed E-state index contributed by atoms with van der Waals surface area (Å²) >= 11 is 6.37. The van der Waals surface area contributed by atoms with Crippen LogP contribution in [-0.4, -0.2) is 39.9 Å². The fourth-order valence-corrected chi connectivity index (χ4v) is 4.06. The molecule has 148 valence electrons. The van der Waals surface area contributed by atoms with Crippen LogP contribution >= 0.6 is 11.6 Å². The lowest BCUT2D eigenvalue weighted by Crippen LogP contribution is -2.46. The normalized spacial score (nSPS) is 30.3. The molecular formula is C20H30ClN5O. The van der Waals surface area contributed by atoms with Crippen molar-refractivity contribution in [3.05, 3.63) is 23.9 Å². The highest BCUT2D eigenvalue weighted by molar-refractivity contribution is 6.26. The predicted molar refractivity (Wildman–Crippen MR) is 110 cm³/mol. The van der Waals surface area contributed by atoms with Crippen LogP contribution in [0.3, 0.4) is 0 Å². The Kier molecular flexibility index (Phi) is 6.58. The van der Waals surface area contributed by atoms with E-state index < -0.39 is 10.9 Å². The molecule has 7 heteroatoms. The molecular weight excluding hydrogens is 362 g/mol. The molecule has 1 aliphatic heterocycles. The van der Waals surface area contributed by atoms with Gasteiger partial charge in [-0.1, -0.05) is 31.0 Å². The molecule has 0 radical (unpaired) electrons. The first-order chi connectivity index (χ1) is 13.0. The van der Waals surface area contributed by atoms with Gasteiger partial charge < -0.3 is 10.6 Å². The Labute approximate surface area is 166 Å². The highest BCUT2D eigenvalue weighted by Gasteiger charge is 2.37. The van der Waals surface area contributed by atoms with Crippen LogP contribution in [0.4, 0.5) is 5.82 Å². The number of aromatic nitrogens is 2. The van der Waals surface area contributed by atoms with E-state index >= 15 is 0 Å². The quantitative estimate of drug-likeness (QED) is 0.490. The second kappa shape index (κ2) is 8.91. The molecule has 3 N–H and O–H groups in total. The van der Waals surface area contributed by atoms with Crippen molar-refractivity contribution >= 4 is 29.5 Å². The Bertz CT molecular complexity index is 688. The SMILES string of the molecule is CCCc1cc(NCC2CCC(NC(=O)C3C=CC=NC3(C)Cl)CC2)n[nH]1. The van der Waals surface area contributed by atoms with Crippen molar-refractivity contribution in [3.8, 4) is 0 Å². The lowest BCUT2D eigenvalue weighted by Gasteiger charge is -2.32. The van der Waals surface area contributed by atoms with Gasteiger partial charge in [-0.25, -0.2) is 0 Å². The summed E-state index contributed by atoms with van der Waals surface area (Å²) < 4.78 is 0. The monoisotopic (exact) mass is 391 g/mol. The maximum absolute atomic E-state index is 12.6. The van der Waals surface area contributed by atoms with Gasteiger partial charge in [0, 0.05) is 30.6 Å².